The highest BCUT2D eigenvalue weighted by atomic mass is 16.6. The van der Waals surface area contributed by atoms with Gasteiger partial charge in [-0.25, -0.2) is 4.79 Å². The molecule has 0 aromatic heterocycles. The summed E-state index contributed by atoms with van der Waals surface area (Å²) in [5.41, 5.74) is 6.59. The number of ether oxygens (including phenoxy) is 2. The lowest BCUT2D eigenvalue weighted by molar-refractivity contribution is -0.106. The number of rotatable bonds is 9. The summed E-state index contributed by atoms with van der Waals surface area (Å²) >= 11 is 0. The molecule has 2 saturated heterocycles. The number of primary amides is 1. The van der Waals surface area contributed by atoms with Crippen LogP contribution in [0.4, 0.5) is 4.79 Å². The summed E-state index contributed by atoms with van der Waals surface area (Å²) in [6.45, 7) is 16.3. The van der Waals surface area contributed by atoms with Crippen LogP contribution in [0.5, 0.6) is 5.75 Å². The van der Waals surface area contributed by atoms with Crippen LogP contribution >= 0.6 is 0 Å². The molecule has 3 rings (SSSR count). The Labute approximate surface area is 246 Å². The molecular formula is C31H55N3O7. The van der Waals surface area contributed by atoms with Crippen LogP contribution in [0, 0.1) is 19.8 Å². The van der Waals surface area contributed by atoms with Gasteiger partial charge in [0.15, 0.2) is 0 Å². The van der Waals surface area contributed by atoms with Crippen molar-refractivity contribution < 1.29 is 34.4 Å². The molecule has 2 aliphatic heterocycles. The predicted molar refractivity (Wildman–Crippen MR) is 161 cm³/mol. The van der Waals surface area contributed by atoms with E-state index in [2.05, 4.69) is 17.6 Å². The van der Waals surface area contributed by atoms with Gasteiger partial charge in [0.2, 0.25) is 6.41 Å². The molecule has 1 unspecified atom stereocenters. The first-order valence-corrected chi connectivity index (χ1v) is 14.7. The number of nitrogens with two attached hydrogens (primary N) is 1. The van der Waals surface area contributed by atoms with Gasteiger partial charge >= 0.3 is 6.09 Å². The van der Waals surface area contributed by atoms with Crippen molar-refractivity contribution in [3.63, 3.8) is 0 Å². The number of benzene rings is 1. The number of phenolic OH excluding ortho intramolecular Hbond substituents is 1. The van der Waals surface area contributed by atoms with Crippen molar-refractivity contribution in [2.45, 2.75) is 97.3 Å². The molecule has 2 fully saturated rings. The Morgan fingerprint density at radius 2 is 1.78 bits per heavy atom. The van der Waals surface area contributed by atoms with Crippen LogP contribution in [0.25, 0.3) is 0 Å². The number of aliphatic hydroxyl groups is 2. The van der Waals surface area contributed by atoms with Crippen molar-refractivity contribution in [2.75, 3.05) is 46.5 Å². The normalized spacial score (nSPS) is 20.4. The molecule has 236 valence electrons. The van der Waals surface area contributed by atoms with Crippen molar-refractivity contribution in [1.29, 1.82) is 0 Å². The van der Waals surface area contributed by atoms with Crippen LogP contribution in [0.3, 0.4) is 0 Å². The Balaban J connectivity index is 0.00000157. The van der Waals surface area contributed by atoms with Gasteiger partial charge < -0.3 is 35.4 Å². The third kappa shape index (κ3) is 11.8. The SMILES string of the molecule is CO.Cc1cc(CCC[C@H](O)C(C)CCCN2CCOC[C@@]23CCN(C(=O)OC(C)(C)C)C3)cc(C)c1O.NC=O. The van der Waals surface area contributed by atoms with Gasteiger partial charge in [0.05, 0.1) is 24.9 Å². The average molecular weight is 582 g/mol. The maximum absolute atomic E-state index is 12.6. The second-order valence-electron chi connectivity index (χ2n) is 12.2. The Morgan fingerprint density at radius 1 is 1.17 bits per heavy atom. The van der Waals surface area contributed by atoms with E-state index >= 15 is 0 Å². The molecule has 0 bridgehead atoms. The standard InChI is InChI=1S/C29H48N2O5.CH3NO.CH4O/c1-21(25(32)11-7-10-24-17-22(2)26(33)23(3)18-24)9-8-13-31-15-16-35-20-29(31)12-14-30(19-29)27(34)36-28(4,5)6;2-1-3;1-2/h17-18,21,25,32-33H,7-16,19-20H2,1-6H3;1H,(H2,2,3);2H,1H3/t21?,25-,29-;;/m0../s1. The number of phenols is 1. The highest BCUT2D eigenvalue weighted by Crippen LogP contribution is 2.32. The van der Waals surface area contributed by atoms with Crippen molar-refractivity contribution in [2.24, 2.45) is 11.7 Å². The van der Waals surface area contributed by atoms with E-state index in [9.17, 15) is 15.0 Å². The molecule has 5 N–H and O–H groups in total. The summed E-state index contributed by atoms with van der Waals surface area (Å²) in [5, 5.41) is 27.7. The van der Waals surface area contributed by atoms with Crippen LogP contribution in [0.2, 0.25) is 0 Å². The summed E-state index contributed by atoms with van der Waals surface area (Å²) in [7, 11) is 1.00. The minimum atomic E-state index is -0.492. The van der Waals surface area contributed by atoms with Gasteiger partial charge in [-0.05, 0) is 102 Å². The molecule has 2 amide bonds. The van der Waals surface area contributed by atoms with E-state index in [-0.39, 0.29) is 30.1 Å². The molecule has 10 heteroatoms. The van der Waals surface area contributed by atoms with Crippen LogP contribution < -0.4 is 5.73 Å². The van der Waals surface area contributed by atoms with Crippen molar-refractivity contribution in [3.8, 4) is 5.75 Å². The number of morpholine rings is 1. The van der Waals surface area contributed by atoms with E-state index in [0.717, 1.165) is 76.5 Å². The Hall–Kier alpha value is -2.40. The zero-order chi connectivity index (χ0) is 31.2. The minimum absolute atomic E-state index is 0.128. The quantitative estimate of drug-likeness (QED) is 0.324. The smallest absolute Gasteiger partial charge is 0.410 e. The topological polar surface area (TPSA) is 146 Å². The Morgan fingerprint density at radius 3 is 2.37 bits per heavy atom. The average Bonchev–Trinajstić information content (AvgIpc) is 3.33. The monoisotopic (exact) mass is 581 g/mol. The fourth-order valence-electron chi connectivity index (χ4n) is 5.62. The van der Waals surface area contributed by atoms with Crippen molar-refractivity contribution in [3.05, 3.63) is 28.8 Å². The summed E-state index contributed by atoms with van der Waals surface area (Å²) in [4.78, 5) is 25.5. The van der Waals surface area contributed by atoms with Gasteiger partial charge in [0.25, 0.3) is 0 Å². The van der Waals surface area contributed by atoms with E-state index in [1.54, 1.807) is 0 Å². The van der Waals surface area contributed by atoms with E-state index in [4.69, 9.17) is 19.4 Å². The number of amides is 2. The van der Waals surface area contributed by atoms with Gasteiger partial charge in [-0.3, -0.25) is 9.69 Å². The first kappa shape index (κ1) is 36.6. The summed E-state index contributed by atoms with van der Waals surface area (Å²) in [5.74, 6) is 0.622. The second kappa shape index (κ2) is 17.5. The first-order valence-electron chi connectivity index (χ1n) is 14.7. The molecular weight excluding hydrogens is 526 g/mol. The third-order valence-electron chi connectivity index (χ3n) is 7.79. The molecule has 1 aromatic rings. The maximum Gasteiger partial charge on any atom is 0.410 e. The van der Waals surface area contributed by atoms with Gasteiger partial charge in [-0.2, -0.15) is 0 Å². The number of aliphatic hydroxyl groups excluding tert-OH is 2. The first-order chi connectivity index (χ1) is 19.3. The van der Waals surface area contributed by atoms with Crippen LogP contribution in [-0.2, 0) is 20.7 Å². The highest BCUT2D eigenvalue weighted by molar-refractivity contribution is 5.68. The minimum Gasteiger partial charge on any atom is -0.507 e. The molecule has 10 nitrogen and oxygen atoms in total. The summed E-state index contributed by atoms with van der Waals surface area (Å²) in [6, 6.07) is 4.09. The molecule has 0 saturated carbocycles. The lowest BCUT2D eigenvalue weighted by Gasteiger charge is -2.44. The number of hydrogen-bond donors (Lipinski definition) is 4. The van der Waals surface area contributed by atoms with Crippen molar-refractivity contribution >= 4 is 12.5 Å². The fraction of sp³-hybridized carbons (Fsp3) is 0.742. The van der Waals surface area contributed by atoms with E-state index in [0.29, 0.717) is 25.4 Å². The Kier molecular flexibility index (Phi) is 15.7. The van der Waals surface area contributed by atoms with E-state index < -0.39 is 5.60 Å². The molecule has 0 aliphatic carbocycles. The zero-order valence-electron chi connectivity index (χ0n) is 26.3. The van der Waals surface area contributed by atoms with Gasteiger partial charge in [0.1, 0.15) is 11.4 Å². The lowest BCUT2D eigenvalue weighted by atomic mass is 9.92. The second-order valence-corrected chi connectivity index (χ2v) is 12.2. The van der Waals surface area contributed by atoms with Crippen molar-refractivity contribution in [1.82, 2.24) is 9.80 Å². The molecule has 2 heterocycles. The van der Waals surface area contributed by atoms with E-state index in [1.807, 2.05) is 51.7 Å². The summed E-state index contributed by atoms with van der Waals surface area (Å²) in [6.07, 6.45) is 5.23. The molecule has 3 atom stereocenters. The van der Waals surface area contributed by atoms with Crippen LogP contribution in [0.15, 0.2) is 12.1 Å². The number of carbonyl (C=O) groups is 2. The summed E-state index contributed by atoms with van der Waals surface area (Å²) < 4.78 is 11.5. The van der Waals surface area contributed by atoms with Gasteiger partial charge in [-0.15, -0.1) is 0 Å². The molecule has 2 aliphatic rings. The zero-order valence-corrected chi connectivity index (χ0v) is 26.3. The Bertz CT molecular complexity index is 914. The van der Waals surface area contributed by atoms with Crippen LogP contribution in [0.1, 0.15) is 76.5 Å². The lowest BCUT2D eigenvalue weighted by Crippen LogP contribution is -2.59. The molecule has 0 radical (unpaired) electrons. The molecule has 41 heavy (non-hydrogen) atoms. The number of nitrogens with zero attached hydrogens (tertiary/aromatic N) is 2. The number of likely N-dealkylation sites (tertiary alicyclic amines) is 1. The molecule has 1 spiro atoms. The number of aryl methyl sites for hydroxylation is 3. The number of aromatic hydroxyl groups is 1. The van der Waals surface area contributed by atoms with Crippen LogP contribution in [-0.4, -0.2) is 101 Å². The van der Waals surface area contributed by atoms with E-state index in [1.165, 1.54) is 5.56 Å². The number of hydrogen-bond acceptors (Lipinski definition) is 8. The predicted octanol–water partition coefficient (Wildman–Crippen LogP) is 3.53. The number of carbonyl (C=O) groups excluding carboxylic acids is 2. The van der Waals surface area contributed by atoms with Gasteiger partial charge in [-0.1, -0.05) is 19.1 Å². The highest BCUT2D eigenvalue weighted by Gasteiger charge is 2.47. The van der Waals surface area contributed by atoms with Gasteiger partial charge in [0, 0.05) is 26.7 Å². The fourth-order valence-corrected chi connectivity index (χ4v) is 5.62. The molecule has 1 aromatic carbocycles. The third-order valence-corrected chi connectivity index (χ3v) is 7.79. The largest absolute Gasteiger partial charge is 0.507 e. The maximum atomic E-state index is 12.6.